The zero-order chi connectivity index (χ0) is 13.0. The van der Waals surface area contributed by atoms with Crippen LogP contribution >= 0.6 is 23.5 Å². The molecule has 2 atom stereocenters. The van der Waals surface area contributed by atoms with Gasteiger partial charge in [-0.1, -0.05) is 36.9 Å². The summed E-state index contributed by atoms with van der Waals surface area (Å²) in [6, 6.07) is 10.5. The van der Waals surface area contributed by atoms with Crippen LogP contribution in [0.5, 0.6) is 0 Å². The molecule has 0 aliphatic carbocycles. The molecule has 0 radical (unpaired) electrons. The average Bonchev–Trinajstić information content (AvgIpc) is 2.80. The highest BCUT2D eigenvalue weighted by Gasteiger charge is 2.38. The molecule has 0 bridgehead atoms. The van der Waals surface area contributed by atoms with E-state index in [1.165, 1.54) is 11.6 Å². The molecule has 1 aromatic rings. The van der Waals surface area contributed by atoms with Gasteiger partial charge in [0.2, 0.25) is 0 Å². The fourth-order valence-corrected chi connectivity index (χ4v) is 5.15. The smallest absolute Gasteiger partial charge is 0.330 e. The molecule has 2 rings (SSSR count). The predicted octanol–water partition coefficient (Wildman–Crippen LogP) is 3.44. The zero-order valence-electron chi connectivity index (χ0n) is 10.3. The second-order valence-corrected chi connectivity index (χ2v) is 7.61. The maximum atomic E-state index is 11.0. The highest BCUT2D eigenvalue weighted by Crippen LogP contribution is 2.54. The molecule has 1 aliphatic heterocycles. The first-order chi connectivity index (χ1) is 8.64. The fourth-order valence-electron chi connectivity index (χ4n) is 1.85. The van der Waals surface area contributed by atoms with E-state index in [2.05, 4.69) is 37.8 Å². The van der Waals surface area contributed by atoms with Crippen LogP contribution in [0.25, 0.3) is 0 Å². The van der Waals surface area contributed by atoms with E-state index in [-0.39, 0.29) is 10.0 Å². The summed E-state index contributed by atoms with van der Waals surface area (Å²) in [5.74, 6) is 0.662. The quantitative estimate of drug-likeness (QED) is 0.623. The van der Waals surface area contributed by atoms with Gasteiger partial charge in [-0.25, -0.2) is 4.79 Å². The Morgan fingerprint density at radius 2 is 2.28 bits per heavy atom. The second-order valence-electron chi connectivity index (χ2n) is 4.20. The van der Waals surface area contributed by atoms with Crippen LogP contribution in [0.4, 0.5) is 0 Å². The van der Waals surface area contributed by atoms with Crippen molar-refractivity contribution in [3.63, 3.8) is 0 Å². The molecule has 18 heavy (non-hydrogen) atoms. The number of hydrogen-bond acceptors (Lipinski definition) is 4. The molecular weight excluding hydrogens is 264 g/mol. The molecule has 2 unspecified atom stereocenters. The summed E-state index contributed by atoms with van der Waals surface area (Å²) in [5, 5.41) is 0.351. The summed E-state index contributed by atoms with van der Waals surface area (Å²) in [6.07, 6.45) is 1.21. The number of carbonyl (C=O) groups excluding carboxylic acids is 1. The van der Waals surface area contributed by atoms with E-state index < -0.39 is 0 Å². The SMILES string of the molecule is C=CC(=O)OCC1CSC(C)(c2ccccc2)S1. The van der Waals surface area contributed by atoms with Gasteiger partial charge >= 0.3 is 5.97 Å². The Balaban J connectivity index is 1.95. The van der Waals surface area contributed by atoms with Crippen molar-refractivity contribution in [2.45, 2.75) is 16.3 Å². The monoisotopic (exact) mass is 280 g/mol. The average molecular weight is 280 g/mol. The number of rotatable bonds is 4. The largest absolute Gasteiger partial charge is 0.461 e. The Hall–Kier alpha value is -0.870. The summed E-state index contributed by atoms with van der Waals surface area (Å²) in [5.41, 5.74) is 1.32. The van der Waals surface area contributed by atoms with E-state index >= 15 is 0 Å². The fraction of sp³-hybridized carbons (Fsp3) is 0.357. The molecular formula is C14H16O2S2. The lowest BCUT2D eigenvalue weighted by Gasteiger charge is -2.23. The van der Waals surface area contributed by atoms with E-state index in [0.29, 0.717) is 11.9 Å². The Morgan fingerprint density at radius 3 is 2.94 bits per heavy atom. The van der Waals surface area contributed by atoms with Gasteiger partial charge in [-0.05, 0) is 12.5 Å². The van der Waals surface area contributed by atoms with Gasteiger partial charge in [-0.15, -0.1) is 23.5 Å². The number of ether oxygens (including phenoxy) is 1. The molecule has 0 aromatic heterocycles. The van der Waals surface area contributed by atoms with E-state index in [1.807, 2.05) is 29.6 Å². The van der Waals surface area contributed by atoms with Gasteiger partial charge in [0.25, 0.3) is 0 Å². The minimum atomic E-state index is -0.339. The molecule has 0 amide bonds. The van der Waals surface area contributed by atoms with Crippen molar-refractivity contribution in [2.24, 2.45) is 0 Å². The molecule has 1 saturated heterocycles. The van der Waals surface area contributed by atoms with Crippen LogP contribution in [0.2, 0.25) is 0 Å². The Bertz CT molecular complexity index is 433. The first-order valence-electron chi connectivity index (χ1n) is 5.80. The molecule has 2 nitrogen and oxygen atoms in total. The number of benzene rings is 1. The van der Waals surface area contributed by atoms with Crippen LogP contribution in [0.15, 0.2) is 43.0 Å². The van der Waals surface area contributed by atoms with E-state index in [4.69, 9.17) is 4.74 Å². The van der Waals surface area contributed by atoms with Crippen molar-refractivity contribution >= 4 is 29.5 Å². The highest BCUT2D eigenvalue weighted by atomic mass is 32.2. The lowest BCUT2D eigenvalue weighted by atomic mass is 10.2. The van der Waals surface area contributed by atoms with Crippen molar-refractivity contribution in [1.29, 1.82) is 0 Å². The van der Waals surface area contributed by atoms with Gasteiger partial charge in [0.05, 0.1) is 4.08 Å². The molecule has 1 heterocycles. The Kier molecular flexibility index (Phi) is 4.40. The molecule has 0 spiro atoms. The standard InChI is InChI=1S/C14H16O2S2/c1-3-13(15)16-9-12-10-17-14(2,18-12)11-7-5-4-6-8-11/h3-8,12H,1,9-10H2,2H3. The Morgan fingerprint density at radius 1 is 1.56 bits per heavy atom. The van der Waals surface area contributed by atoms with Gasteiger partial charge in [0.1, 0.15) is 6.61 Å². The summed E-state index contributed by atoms with van der Waals surface area (Å²) in [6.45, 7) is 6.09. The molecule has 0 N–H and O–H groups in total. The first-order valence-corrected chi connectivity index (χ1v) is 7.67. The maximum Gasteiger partial charge on any atom is 0.330 e. The second kappa shape index (κ2) is 5.85. The first kappa shape index (κ1) is 13.6. The predicted molar refractivity (Wildman–Crippen MR) is 78.8 cm³/mol. The molecule has 4 heteroatoms. The van der Waals surface area contributed by atoms with Crippen LogP contribution in [0, 0.1) is 0 Å². The lowest BCUT2D eigenvalue weighted by Crippen LogP contribution is -2.16. The summed E-state index contributed by atoms with van der Waals surface area (Å²) in [7, 11) is 0. The van der Waals surface area contributed by atoms with Crippen LogP contribution in [0.3, 0.4) is 0 Å². The lowest BCUT2D eigenvalue weighted by molar-refractivity contribution is -0.137. The van der Waals surface area contributed by atoms with Gasteiger partial charge in [-0.3, -0.25) is 0 Å². The molecule has 1 aromatic carbocycles. The van der Waals surface area contributed by atoms with E-state index in [1.54, 1.807) is 0 Å². The van der Waals surface area contributed by atoms with E-state index in [0.717, 1.165) is 5.75 Å². The van der Waals surface area contributed by atoms with Crippen molar-refractivity contribution in [1.82, 2.24) is 0 Å². The van der Waals surface area contributed by atoms with Gasteiger partial charge < -0.3 is 4.74 Å². The van der Waals surface area contributed by atoms with Crippen LogP contribution in [-0.2, 0) is 13.6 Å². The molecule has 1 aliphatic rings. The number of esters is 1. The van der Waals surface area contributed by atoms with Crippen molar-refractivity contribution in [3.8, 4) is 0 Å². The summed E-state index contributed by atoms with van der Waals surface area (Å²) >= 11 is 3.78. The zero-order valence-corrected chi connectivity index (χ0v) is 11.9. The molecule has 96 valence electrons. The van der Waals surface area contributed by atoms with Gasteiger partial charge in [-0.2, -0.15) is 0 Å². The van der Waals surface area contributed by atoms with Crippen LogP contribution in [0.1, 0.15) is 12.5 Å². The summed E-state index contributed by atoms with van der Waals surface area (Å²) in [4.78, 5) is 11.0. The van der Waals surface area contributed by atoms with Crippen LogP contribution in [-0.4, -0.2) is 23.6 Å². The normalized spacial score (nSPS) is 26.8. The topological polar surface area (TPSA) is 26.3 Å². The summed E-state index contributed by atoms with van der Waals surface area (Å²) < 4.78 is 5.18. The van der Waals surface area contributed by atoms with Crippen molar-refractivity contribution in [2.75, 3.05) is 12.4 Å². The third-order valence-electron chi connectivity index (χ3n) is 2.81. The third-order valence-corrected chi connectivity index (χ3v) is 6.34. The van der Waals surface area contributed by atoms with Gasteiger partial charge in [0, 0.05) is 17.1 Å². The highest BCUT2D eigenvalue weighted by molar-refractivity contribution is 8.20. The van der Waals surface area contributed by atoms with Crippen molar-refractivity contribution < 1.29 is 9.53 Å². The van der Waals surface area contributed by atoms with Gasteiger partial charge in [0.15, 0.2) is 0 Å². The minimum absolute atomic E-state index is 0.0620. The minimum Gasteiger partial charge on any atom is -0.461 e. The van der Waals surface area contributed by atoms with Crippen LogP contribution < -0.4 is 0 Å². The number of hydrogen-bond donors (Lipinski definition) is 0. The molecule has 1 fully saturated rings. The van der Waals surface area contributed by atoms with E-state index in [9.17, 15) is 4.79 Å². The number of carbonyl (C=O) groups is 1. The van der Waals surface area contributed by atoms with Crippen molar-refractivity contribution in [3.05, 3.63) is 48.6 Å². The number of thioether (sulfide) groups is 2. The molecule has 0 saturated carbocycles. The maximum absolute atomic E-state index is 11.0. The third kappa shape index (κ3) is 3.12. The Labute approximate surface area is 116 Å².